The first kappa shape index (κ1) is 13.2. The molecule has 0 heterocycles. The Bertz CT molecular complexity index is 408. The molecule has 0 bridgehead atoms. The van der Waals surface area contributed by atoms with E-state index in [0.29, 0.717) is 0 Å². The molecule has 0 aliphatic heterocycles. The maximum atomic E-state index is 13.5. The van der Waals surface area contributed by atoms with Crippen molar-refractivity contribution in [1.82, 2.24) is 0 Å². The highest BCUT2D eigenvalue weighted by Crippen LogP contribution is 2.35. The number of esters is 1. The van der Waals surface area contributed by atoms with Crippen molar-refractivity contribution in [3.05, 3.63) is 33.8 Å². The normalized spacial score (nSPS) is 11.3. The van der Waals surface area contributed by atoms with Crippen molar-refractivity contribution in [3.8, 4) is 0 Å². The number of hydrogen-bond donors (Lipinski definition) is 0. The zero-order valence-corrected chi connectivity index (χ0v) is 9.78. The van der Waals surface area contributed by atoms with Gasteiger partial charge in [-0.05, 0) is 25.1 Å². The number of carbonyl (C=O) groups is 1. The molecule has 0 aliphatic rings. The van der Waals surface area contributed by atoms with Crippen LogP contribution in [0.4, 0.5) is 8.78 Å². The third-order valence-corrected chi connectivity index (χ3v) is 2.35. The van der Waals surface area contributed by atoms with E-state index in [-0.39, 0.29) is 16.7 Å². The van der Waals surface area contributed by atoms with Crippen molar-refractivity contribution in [1.29, 1.82) is 0 Å². The average molecular weight is 269 g/mol. The van der Waals surface area contributed by atoms with Crippen LogP contribution in [0.3, 0.4) is 0 Å². The lowest BCUT2D eigenvalue weighted by Gasteiger charge is -2.16. The van der Waals surface area contributed by atoms with Gasteiger partial charge in [0.2, 0.25) is 0 Å². The van der Waals surface area contributed by atoms with Crippen LogP contribution in [0, 0.1) is 0 Å². The smallest absolute Gasteiger partial charge is 0.382 e. The van der Waals surface area contributed by atoms with Gasteiger partial charge in [0.25, 0.3) is 0 Å². The van der Waals surface area contributed by atoms with Gasteiger partial charge in [-0.3, -0.25) is 0 Å². The van der Waals surface area contributed by atoms with Crippen molar-refractivity contribution < 1.29 is 18.3 Å². The topological polar surface area (TPSA) is 26.3 Å². The Balaban J connectivity index is 3.11. The first-order chi connectivity index (χ1) is 7.39. The molecule has 16 heavy (non-hydrogen) atoms. The van der Waals surface area contributed by atoms with Crippen LogP contribution in [0.25, 0.3) is 0 Å². The van der Waals surface area contributed by atoms with Crippen LogP contribution in [0.2, 0.25) is 10.0 Å². The summed E-state index contributed by atoms with van der Waals surface area (Å²) >= 11 is 11.1. The molecule has 0 atom stereocenters. The standard InChI is InChI=1S/C10H8Cl2F2O2/c1-2-16-9(15)10(13,14)7-4-3-6(11)5-8(7)12/h3-5H,2H2,1H3. The van der Waals surface area contributed by atoms with Crippen molar-refractivity contribution in [3.63, 3.8) is 0 Å². The predicted octanol–water partition coefficient (Wildman–Crippen LogP) is 3.65. The van der Waals surface area contributed by atoms with E-state index < -0.39 is 17.5 Å². The van der Waals surface area contributed by atoms with E-state index in [9.17, 15) is 13.6 Å². The Hall–Kier alpha value is -0.870. The molecule has 0 aromatic heterocycles. The van der Waals surface area contributed by atoms with E-state index in [1.807, 2.05) is 0 Å². The zero-order valence-electron chi connectivity index (χ0n) is 8.27. The molecule has 6 heteroatoms. The second kappa shape index (κ2) is 4.97. The van der Waals surface area contributed by atoms with Crippen molar-refractivity contribution in [2.75, 3.05) is 6.61 Å². The molecule has 0 radical (unpaired) electrons. The number of benzene rings is 1. The third-order valence-electron chi connectivity index (χ3n) is 1.80. The van der Waals surface area contributed by atoms with E-state index in [0.717, 1.165) is 12.1 Å². The molecule has 1 aromatic carbocycles. The number of ether oxygens (including phenoxy) is 1. The van der Waals surface area contributed by atoms with Crippen molar-refractivity contribution in [2.24, 2.45) is 0 Å². The summed E-state index contributed by atoms with van der Waals surface area (Å²) in [7, 11) is 0. The van der Waals surface area contributed by atoms with Gasteiger partial charge < -0.3 is 4.74 Å². The van der Waals surface area contributed by atoms with Gasteiger partial charge >= 0.3 is 11.9 Å². The lowest BCUT2D eigenvalue weighted by Crippen LogP contribution is -2.28. The Morgan fingerprint density at radius 1 is 1.44 bits per heavy atom. The lowest BCUT2D eigenvalue weighted by atomic mass is 10.1. The molecule has 0 saturated carbocycles. The summed E-state index contributed by atoms with van der Waals surface area (Å²) in [6, 6.07) is 3.38. The number of hydrogen-bond acceptors (Lipinski definition) is 2. The summed E-state index contributed by atoms with van der Waals surface area (Å²) in [6.45, 7) is 1.32. The predicted molar refractivity (Wildman–Crippen MR) is 57.0 cm³/mol. The fourth-order valence-electron chi connectivity index (χ4n) is 1.08. The van der Waals surface area contributed by atoms with E-state index in [2.05, 4.69) is 4.74 Å². The Morgan fingerprint density at radius 2 is 2.06 bits per heavy atom. The van der Waals surface area contributed by atoms with E-state index in [1.165, 1.54) is 13.0 Å². The van der Waals surface area contributed by atoms with Crippen LogP contribution in [0.15, 0.2) is 18.2 Å². The van der Waals surface area contributed by atoms with Gasteiger partial charge in [0, 0.05) is 5.02 Å². The molecule has 0 saturated heterocycles. The average Bonchev–Trinajstić information content (AvgIpc) is 2.17. The quantitative estimate of drug-likeness (QED) is 0.783. The van der Waals surface area contributed by atoms with Gasteiger partial charge in [-0.1, -0.05) is 23.2 Å². The van der Waals surface area contributed by atoms with Gasteiger partial charge in [0.1, 0.15) is 0 Å². The number of carbonyl (C=O) groups excluding carboxylic acids is 1. The fourth-order valence-corrected chi connectivity index (χ4v) is 1.60. The number of rotatable bonds is 3. The van der Waals surface area contributed by atoms with Gasteiger partial charge in [-0.2, -0.15) is 8.78 Å². The van der Waals surface area contributed by atoms with Crippen LogP contribution in [0.1, 0.15) is 12.5 Å². The Labute approximate surface area is 101 Å². The minimum absolute atomic E-state index is 0.125. The molecule has 88 valence electrons. The first-order valence-electron chi connectivity index (χ1n) is 4.40. The summed E-state index contributed by atoms with van der Waals surface area (Å²) in [5.41, 5.74) is -0.614. The minimum Gasteiger partial charge on any atom is -0.461 e. The SMILES string of the molecule is CCOC(=O)C(F)(F)c1ccc(Cl)cc1Cl. The summed E-state index contributed by atoms with van der Waals surface area (Å²) in [5, 5.41) is -0.0565. The number of halogens is 4. The van der Waals surface area contributed by atoms with Crippen LogP contribution in [-0.2, 0) is 15.5 Å². The highest BCUT2D eigenvalue weighted by molar-refractivity contribution is 6.35. The van der Waals surface area contributed by atoms with Gasteiger partial charge in [-0.15, -0.1) is 0 Å². The molecule has 0 aliphatic carbocycles. The van der Waals surface area contributed by atoms with E-state index in [4.69, 9.17) is 23.2 Å². The monoisotopic (exact) mass is 268 g/mol. The van der Waals surface area contributed by atoms with E-state index in [1.54, 1.807) is 0 Å². The van der Waals surface area contributed by atoms with E-state index >= 15 is 0 Å². The lowest BCUT2D eigenvalue weighted by molar-refractivity contribution is -0.173. The van der Waals surface area contributed by atoms with Crippen LogP contribution in [0.5, 0.6) is 0 Å². The largest absolute Gasteiger partial charge is 0.461 e. The molecular weight excluding hydrogens is 261 g/mol. The summed E-state index contributed by atoms with van der Waals surface area (Å²) in [5.74, 6) is -5.39. The molecule has 1 rings (SSSR count). The van der Waals surface area contributed by atoms with Crippen molar-refractivity contribution in [2.45, 2.75) is 12.8 Å². The maximum absolute atomic E-state index is 13.5. The highest BCUT2D eigenvalue weighted by atomic mass is 35.5. The Morgan fingerprint density at radius 3 is 2.56 bits per heavy atom. The Kier molecular flexibility index (Phi) is 4.10. The van der Waals surface area contributed by atoms with Crippen LogP contribution >= 0.6 is 23.2 Å². The molecule has 0 spiro atoms. The first-order valence-corrected chi connectivity index (χ1v) is 5.15. The minimum atomic E-state index is -3.77. The second-order valence-corrected chi connectivity index (χ2v) is 3.76. The molecule has 0 fully saturated rings. The third kappa shape index (κ3) is 2.62. The molecule has 0 amide bonds. The molecule has 1 aromatic rings. The summed E-state index contributed by atoms with van der Waals surface area (Å²) in [6.07, 6.45) is 0. The number of alkyl halides is 2. The molecule has 0 N–H and O–H groups in total. The molecule has 2 nitrogen and oxygen atoms in total. The van der Waals surface area contributed by atoms with Crippen molar-refractivity contribution >= 4 is 29.2 Å². The maximum Gasteiger partial charge on any atom is 0.382 e. The van der Waals surface area contributed by atoms with Gasteiger partial charge in [0.15, 0.2) is 0 Å². The van der Waals surface area contributed by atoms with Crippen LogP contribution in [-0.4, -0.2) is 12.6 Å². The van der Waals surface area contributed by atoms with Gasteiger partial charge in [0.05, 0.1) is 17.2 Å². The van der Waals surface area contributed by atoms with Gasteiger partial charge in [-0.25, -0.2) is 4.79 Å². The summed E-state index contributed by atoms with van der Waals surface area (Å²) in [4.78, 5) is 11.0. The second-order valence-electron chi connectivity index (χ2n) is 2.92. The highest BCUT2D eigenvalue weighted by Gasteiger charge is 2.44. The van der Waals surface area contributed by atoms with Crippen LogP contribution < -0.4 is 0 Å². The zero-order chi connectivity index (χ0) is 12.3. The molecule has 0 unspecified atom stereocenters. The summed E-state index contributed by atoms with van der Waals surface area (Å²) < 4.78 is 31.3. The fraction of sp³-hybridized carbons (Fsp3) is 0.300. The molecular formula is C10H8Cl2F2O2.